The van der Waals surface area contributed by atoms with Crippen molar-refractivity contribution in [2.45, 2.75) is 25.9 Å². The van der Waals surface area contributed by atoms with Gasteiger partial charge in [0.1, 0.15) is 12.2 Å². The van der Waals surface area contributed by atoms with Gasteiger partial charge in [-0.25, -0.2) is 4.98 Å². The monoisotopic (exact) mass is 223 g/mol. The Kier molecular flexibility index (Phi) is 3.56. The number of aromatic nitrogens is 3. The van der Waals surface area contributed by atoms with Crippen LogP contribution in [0.25, 0.3) is 0 Å². The van der Waals surface area contributed by atoms with Crippen molar-refractivity contribution in [3.8, 4) is 0 Å². The van der Waals surface area contributed by atoms with Crippen molar-refractivity contribution < 1.29 is 0 Å². The molecule has 1 aliphatic rings. The minimum absolute atomic E-state index is 0.605. The molecule has 0 radical (unpaired) electrons. The van der Waals surface area contributed by atoms with E-state index in [1.54, 1.807) is 6.33 Å². The van der Waals surface area contributed by atoms with E-state index < -0.39 is 0 Å². The van der Waals surface area contributed by atoms with E-state index in [2.05, 4.69) is 34.3 Å². The first-order valence-electron chi connectivity index (χ1n) is 5.91. The highest BCUT2D eigenvalue weighted by Crippen LogP contribution is 2.15. The van der Waals surface area contributed by atoms with Gasteiger partial charge in [0, 0.05) is 19.6 Å². The molecule has 1 fully saturated rings. The van der Waals surface area contributed by atoms with Crippen molar-refractivity contribution in [1.29, 1.82) is 0 Å². The van der Waals surface area contributed by atoms with Crippen LogP contribution in [-0.4, -0.2) is 45.8 Å². The third kappa shape index (κ3) is 2.59. The van der Waals surface area contributed by atoms with Crippen molar-refractivity contribution in [1.82, 2.24) is 25.0 Å². The van der Waals surface area contributed by atoms with Crippen LogP contribution < -0.4 is 5.32 Å². The van der Waals surface area contributed by atoms with Crippen LogP contribution in [-0.2, 0) is 13.6 Å². The zero-order valence-electron chi connectivity index (χ0n) is 10.3. The summed E-state index contributed by atoms with van der Waals surface area (Å²) in [6.07, 6.45) is 2.82. The van der Waals surface area contributed by atoms with E-state index in [4.69, 9.17) is 0 Å². The quantitative estimate of drug-likeness (QED) is 0.797. The Labute approximate surface area is 96.8 Å². The van der Waals surface area contributed by atoms with Crippen LogP contribution in [0.15, 0.2) is 6.33 Å². The number of likely N-dealkylation sites (tertiary alicyclic amines) is 1. The van der Waals surface area contributed by atoms with Crippen molar-refractivity contribution in [3.05, 3.63) is 12.2 Å². The molecule has 5 nitrogen and oxygen atoms in total. The van der Waals surface area contributed by atoms with Gasteiger partial charge in [-0.3, -0.25) is 4.68 Å². The Hall–Kier alpha value is -0.940. The molecule has 0 aromatic carbocycles. The predicted octanol–water partition coefficient (Wildman–Crippen LogP) is 0.245. The predicted molar refractivity (Wildman–Crippen MR) is 62.9 cm³/mol. The molecule has 1 aliphatic heterocycles. The van der Waals surface area contributed by atoms with Gasteiger partial charge in [0.25, 0.3) is 0 Å². The summed E-state index contributed by atoms with van der Waals surface area (Å²) in [5.41, 5.74) is 0. The Bertz CT molecular complexity index is 335. The highest BCUT2D eigenvalue weighted by atomic mass is 15.3. The molecule has 0 aliphatic carbocycles. The van der Waals surface area contributed by atoms with Gasteiger partial charge in [-0.15, -0.1) is 0 Å². The summed E-state index contributed by atoms with van der Waals surface area (Å²) in [6.45, 7) is 5.48. The normalized spacial score (nSPS) is 27.2. The average Bonchev–Trinajstić information content (AvgIpc) is 2.63. The van der Waals surface area contributed by atoms with E-state index in [9.17, 15) is 0 Å². The van der Waals surface area contributed by atoms with E-state index in [0.717, 1.165) is 12.4 Å². The largest absolute Gasteiger partial charge is 0.307 e. The molecule has 0 saturated carbocycles. The first kappa shape index (κ1) is 11.5. The lowest BCUT2D eigenvalue weighted by molar-refractivity contribution is 0.173. The van der Waals surface area contributed by atoms with Crippen LogP contribution in [0.1, 0.15) is 19.2 Å². The van der Waals surface area contributed by atoms with Crippen LogP contribution in [0.3, 0.4) is 0 Å². The molecule has 1 N–H and O–H groups in total. The van der Waals surface area contributed by atoms with Gasteiger partial charge in [0.05, 0.1) is 6.54 Å². The van der Waals surface area contributed by atoms with Gasteiger partial charge in [0.2, 0.25) is 0 Å². The van der Waals surface area contributed by atoms with Gasteiger partial charge in [0.15, 0.2) is 0 Å². The number of hydrogen-bond acceptors (Lipinski definition) is 4. The van der Waals surface area contributed by atoms with Crippen LogP contribution in [0.5, 0.6) is 0 Å². The summed E-state index contributed by atoms with van der Waals surface area (Å²) in [5.74, 6) is 1.71. The summed E-state index contributed by atoms with van der Waals surface area (Å²) >= 11 is 0. The zero-order valence-corrected chi connectivity index (χ0v) is 10.3. The molecule has 90 valence electrons. The maximum Gasteiger partial charge on any atom is 0.140 e. The fourth-order valence-corrected chi connectivity index (χ4v) is 2.36. The Morgan fingerprint density at radius 3 is 2.94 bits per heavy atom. The standard InChI is InChI=1S/C11H21N5/c1-9-7-15(2)5-4-10(9)12-6-11-13-8-14-16(11)3/h8-10,12H,4-7H2,1-3H3. The number of nitrogens with zero attached hydrogens (tertiary/aromatic N) is 4. The SMILES string of the molecule is CC1CN(C)CCC1NCc1ncnn1C. The van der Waals surface area contributed by atoms with E-state index in [1.165, 1.54) is 19.5 Å². The van der Waals surface area contributed by atoms with Gasteiger partial charge in [-0.2, -0.15) is 5.10 Å². The number of aryl methyl sites for hydroxylation is 1. The number of hydrogen-bond donors (Lipinski definition) is 1. The van der Waals surface area contributed by atoms with Crippen molar-refractivity contribution >= 4 is 0 Å². The molecular weight excluding hydrogens is 202 g/mol. The molecule has 5 heteroatoms. The number of piperidine rings is 1. The summed E-state index contributed by atoms with van der Waals surface area (Å²) in [4.78, 5) is 6.61. The fraction of sp³-hybridized carbons (Fsp3) is 0.818. The van der Waals surface area contributed by atoms with Gasteiger partial charge < -0.3 is 10.2 Å². The van der Waals surface area contributed by atoms with E-state index in [0.29, 0.717) is 12.0 Å². The lowest BCUT2D eigenvalue weighted by Gasteiger charge is -2.35. The van der Waals surface area contributed by atoms with Crippen molar-refractivity contribution in [3.63, 3.8) is 0 Å². The Morgan fingerprint density at radius 2 is 2.31 bits per heavy atom. The maximum atomic E-state index is 4.22. The fourth-order valence-electron chi connectivity index (χ4n) is 2.36. The molecule has 0 bridgehead atoms. The third-order valence-corrected chi connectivity index (χ3v) is 3.44. The van der Waals surface area contributed by atoms with Crippen molar-refractivity contribution in [2.24, 2.45) is 13.0 Å². The smallest absolute Gasteiger partial charge is 0.140 e. The lowest BCUT2D eigenvalue weighted by atomic mass is 9.94. The van der Waals surface area contributed by atoms with Crippen LogP contribution in [0.4, 0.5) is 0 Å². The van der Waals surface area contributed by atoms with Crippen molar-refractivity contribution in [2.75, 3.05) is 20.1 Å². The van der Waals surface area contributed by atoms with Crippen LogP contribution in [0.2, 0.25) is 0 Å². The molecule has 2 atom stereocenters. The summed E-state index contributed by atoms with van der Waals surface area (Å²) in [6, 6.07) is 0.605. The first-order valence-corrected chi connectivity index (χ1v) is 5.91. The second-order valence-corrected chi connectivity index (χ2v) is 4.82. The zero-order chi connectivity index (χ0) is 11.5. The topological polar surface area (TPSA) is 46.0 Å². The molecule has 1 aromatic rings. The Balaban J connectivity index is 1.84. The van der Waals surface area contributed by atoms with E-state index in [-0.39, 0.29) is 0 Å². The molecular formula is C11H21N5. The van der Waals surface area contributed by atoms with Gasteiger partial charge >= 0.3 is 0 Å². The van der Waals surface area contributed by atoms with Crippen LogP contribution >= 0.6 is 0 Å². The van der Waals surface area contributed by atoms with Gasteiger partial charge in [-0.05, 0) is 25.9 Å². The second kappa shape index (κ2) is 4.93. The Morgan fingerprint density at radius 1 is 1.50 bits per heavy atom. The minimum Gasteiger partial charge on any atom is -0.307 e. The molecule has 2 rings (SSSR count). The molecule has 2 unspecified atom stereocenters. The minimum atomic E-state index is 0.605. The molecule has 0 amide bonds. The third-order valence-electron chi connectivity index (χ3n) is 3.44. The molecule has 2 heterocycles. The maximum absolute atomic E-state index is 4.22. The van der Waals surface area contributed by atoms with Crippen LogP contribution in [0, 0.1) is 5.92 Å². The van der Waals surface area contributed by atoms with E-state index in [1.807, 2.05) is 11.7 Å². The lowest BCUT2D eigenvalue weighted by Crippen LogP contribution is -2.46. The molecule has 0 spiro atoms. The molecule has 16 heavy (non-hydrogen) atoms. The first-order chi connectivity index (χ1) is 7.66. The highest BCUT2D eigenvalue weighted by Gasteiger charge is 2.23. The van der Waals surface area contributed by atoms with Gasteiger partial charge in [-0.1, -0.05) is 6.92 Å². The summed E-state index contributed by atoms with van der Waals surface area (Å²) in [7, 11) is 4.12. The second-order valence-electron chi connectivity index (χ2n) is 4.82. The average molecular weight is 223 g/mol. The molecule has 1 aromatic heterocycles. The number of rotatable bonds is 3. The van der Waals surface area contributed by atoms with E-state index >= 15 is 0 Å². The summed E-state index contributed by atoms with van der Waals surface area (Å²) < 4.78 is 1.83. The molecule has 1 saturated heterocycles. The summed E-state index contributed by atoms with van der Waals surface area (Å²) in [5, 5.41) is 7.65. The number of nitrogens with one attached hydrogen (secondary N) is 1. The highest BCUT2D eigenvalue weighted by molar-refractivity contribution is 4.87.